The summed E-state index contributed by atoms with van der Waals surface area (Å²) in [6, 6.07) is 0. The molecule has 0 aliphatic rings. The molecule has 8 nitrogen and oxygen atoms in total. The van der Waals surface area contributed by atoms with Crippen molar-refractivity contribution in [3.05, 3.63) is 146 Å². The third-order valence-electron chi connectivity index (χ3n) is 9.75. The normalized spacial score (nSPS) is 14.5. The van der Waals surface area contributed by atoms with Gasteiger partial charge in [-0.25, -0.2) is 4.57 Å². The molecule has 372 valence electrons. The first-order valence-electron chi connectivity index (χ1n) is 25.3. The highest BCUT2D eigenvalue weighted by Gasteiger charge is 2.25. The average molecular weight is 934 g/mol. The van der Waals surface area contributed by atoms with E-state index < -0.39 is 13.9 Å². The molecule has 3 N–H and O–H groups in total. The van der Waals surface area contributed by atoms with E-state index in [4.69, 9.17) is 24.3 Å². The van der Waals surface area contributed by atoms with Crippen LogP contribution in [-0.4, -0.2) is 49.9 Å². The molecule has 0 saturated heterocycles. The Balaban J connectivity index is 4.12. The number of carbonyl (C=O) groups excluding carboxylic acids is 1. The number of carbonyl (C=O) groups is 1. The van der Waals surface area contributed by atoms with Gasteiger partial charge in [-0.05, 0) is 116 Å². The first-order chi connectivity index (χ1) is 32.4. The number of phosphoric ester groups is 1. The highest BCUT2D eigenvalue weighted by Crippen LogP contribution is 2.43. The van der Waals surface area contributed by atoms with Gasteiger partial charge in [-0.2, -0.15) is 0 Å². The van der Waals surface area contributed by atoms with Crippen molar-refractivity contribution >= 4 is 13.8 Å². The maximum Gasteiger partial charge on any atom is 0.472 e. The molecule has 0 aromatic heterocycles. The third-order valence-corrected chi connectivity index (χ3v) is 10.7. The van der Waals surface area contributed by atoms with Crippen LogP contribution in [0.5, 0.6) is 0 Å². The molecule has 0 aliphatic heterocycles. The number of unbranched alkanes of at least 4 members (excludes halogenated alkanes) is 9. The largest absolute Gasteiger partial charge is 0.472 e. The molecular weight excluding hydrogens is 842 g/mol. The molecule has 0 radical (unpaired) electrons. The van der Waals surface area contributed by atoms with Gasteiger partial charge in [0, 0.05) is 19.6 Å². The quantitative estimate of drug-likeness (QED) is 0.0268. The van der Waals surface area contributed by atoms with Gasteiger partial charge in [0.2, 0.25) is 0 Å². The number of ether oxygens (including phenoxy) is 2. The maximum absolute atomic E-state index is 12.6. The van der Waals surface area contributed by atoms with Crippen LogP contribution in [0.4, 0.5) is 0 Å². The summed E-state index contributed by atoms with van der Waals surface area (Å²) in [5.74, 6) is -0.383. The Morgan fingerprint density at radius 1 is 0.455 bits per heavy atom. The van der Waals surface area contributed by atoms with Gasteiger partial charge in [0.1, 0.15) is 6.10 Å². The topological polar surface area (TPSA) is 117 Å². The number of esters is 1. The lowest BCUT2D eigenvalue weighted by atomic mass is 10.1. The summed E-state index contributed by atoms with van der Waals surface area (Å²) < 4.78 is 33.5. The number of hydrogen-bond donors (Lipinski definition) is 2. The molecule has 2 atom stereocenters. The van der Waals surface area contributed by atoms with Gasteiger partial charge in [-0.1, -0.05) is 192 Å². The lowest BCUT2D eigenvalue weighted by Gasteiger charge is -2.20. The summed E-state index contributed by atoms with van der Waals surface area (Å²) in [6.07, 6.45) is 76.0. The molecule has 0 aliphatic carbocycles. The van der Waals surface area contributed by atoms with Gasteiger partial charge in [0.05, 0.1) is 19.8 Å². The van der Waals surface area contributed by atoms with E-state index in [0.717, 1.165) is 116 Å². The van der Waals surface area contributed by atoms with E-state index >= 15 is 0 Å². The van der Waals surface area contributed by atoms with E-state index in [-0.39, 0.29) is 38.8 Å². The van der Waals surface area contributed by atoms with Crippen molar-refractivity contribution in [2.45, 2.75) is 174 Å². The van der Waals surface area contributed by atoms with Crippen LogP contribution >= 0.6 is 7.82 Å². The molecule has 0 saturated carbocycles. The minimum absolute atomic E-state index is 0.0791. The fourth-order valence-electron chi connectivity index (χ4n) is 6.12. The van der Waals surface area contributed by atoms with E-state index in [1.165, 1.54) is 25.7 Å². The fraction of sp³-hybridized carbons (Fsp3) is 0.561. The second-order valence-electron chi connectivity index (χ2n) is 15.9. The summed E-state index contributed by atoms with van der Waals surface area (Å²) in [5, 5.41) is 0. The van der Waals surface area contributed by atoms with Crippen molar-refractivity contribution < 1.29 is 32.8 Å². The number of hydrogen-bond acceptors (Lipinski definition) is 7. The summed E-state index contributed by atoms with van der Waals surface area (Å²) >= 11 is 0. The molecule has 0 heterocycles. The molecule has 9 heteroatoms. The predicted octanol–water partition coefficient (Wildman–Crippen LogP) is 16.1. The molecule has 66 heavy (non-hydrogen) atoms. The second-order valence-corrected chi connectivity index (χ2v) is 17.4. The Bertz CT molecular complexity index is 1510. The van der Waals surface area contributed by atoms with Gasteiger partial charge < -0.3 is 20.1 Å². The van der Waals surface area contributed by atoms with E-state index in [0.29, 0.717) is 13.0 Å². The summed E-state index contributed by atoms with van der Waals surface area (Å²) in [6.45, 7) is 4.56. The van der Waals surface area contributed by atoms with Crippen molar-refractivity contribution in [3.63, 3.8) is 0 Å². The third kappa shape index (κ3) is 51.4. The minimum atomic E-state index is -4.31. The standard InChI is InChI=1S/C57H92NO7P/c1-3-5-7-9-11-13-15-17-19-21-23-25-26-27-28-29-31-33-35-37-39-41-43-45-47-49-52-62-54-56(55-64-66(60,61)63-53-51-58)65-57(59)50-48-46-44-42-40-38-36-34-32-30-24-22-20-18-16-14-12-10-8-6-4-2/h5-8,11-14,17-20,23-25,27-28,30-31,33-34,36,40,42,56H,3-4,9-10,15-16,21-22,26,29,32,35,37-39,41,43-55,58H2,1-2H3,(H,60,61)/b7-5-,8-6-,13-11-,14-12-,19-17-,20-18-,25-23-,28-27-,30-24-,33-31-,36-34-,42-40-. The van der Waals surface area contributed by atoms with Gasteiger partial charge in [0.25, 0.3) is 0 Å². The van der Waals surface area contributed by atoms with E-state index in [2.05, 4.69) is 160 Å². The number of allylic oxidation sites excluding steroid dienone is 24. The first kappa shape index (κ1) is 62.4. The first-order valence-corrected chi connectivity index (χ1v) is 26.8. The van der Waals surface area contributed by atoms with Crippen LogP contribution < -0.4 is 5.73 Å². The zero-order valence-corrected chi connectivity index (χ0v) is 42.3. The van der Waals surface area contributed by atoms with Crippen molar-refractivity contribution in [1.82, 2.24) is 0 Å². The SMILES string of the molecule is CC/C=C\C/C=C\C/C=C\C/C=C\C/C=C\C/C=C\CCCCCCCCCOCC(COP(=O)(O)OCCN)OC(=O)CCCC/C=C\C/C=C\C/C=C\C/C=C\C/C=C\C/C=C\CC. The van der Waals surface area contributed by atoms with E-state index in [1.807, 2.05) is 0 Å². The van der Waals surface area contributed by atoms with Gasteiger partial charge in [-0.3, -0.25) is 13.8 Å². The van der Waals surface area contributed by atoms with Crippen LogP contribution in [0.25, 0.3) is 0 Å². The number of nitrogens with two attached hydrogens (primary N) is 1. The lowest BCUT2D eigenvalue weighted by molar-refractivity contribution is -0.154. The Labute approximate surface area is 403 Å². The molecule has 0 aromatic carbocycles. The van der Waals surface area contributed by atoms with Gasteiger partial charge in [0.15, 0.2) is 0 Å². The molecule has 0 spiro atoms. The summed E-state index contributed by atoms with van der Waals surface area (Å²) in [5.41, 5.74) is 5.38. The zero-order chi connectivity index (χ0) is 48.0. The molecule has 0 amide bonds. The monoisotopic (exact) mass is 934 g/mol. The molecular formula is C57H92NO7P. The summed E-state index contributed by atoms with van der Waals surface area (Å²) in [7, 11) is -4.31. The molecule has 0 rings (SSSR count). The Morgan fingerprint density at radius 2 is 0.803 bits per heavy atom. The Morgan fingerprint density at radius 3 is 1.20 bits per heavy atom. The van der Waals surface area contributed by atoms with Crippen LogP contribution in [0.15, 0.2) is 146 Å². The van der Waals surface area contributed by atoms with E-state index in [1.54, 1.807) is 0 Å². The smallest absolute Gasteiger partial charge is 0.457 e. The number of phosphoric acid groups is 1. The van der Waals surface area contributed by atoms with Crippen molar-refractivity contribution in [2.75, 3.05) is 33.0 Å². The van der Waals surface area contributed by atoms with Crippen molar-refractivity contribution in [3.8, 4) is 0 Å². The highest BCUT2D eigenvalue weighted by molar-refractivity contribution is 7.47. The average Bonchev–Trinajstić information content (AvgIpc) is 3.31. The minimum Gasteiger partial charge on any atom is -0.457 e. The molecule has 0 fully saturated rings. The van der Waals surface area contributed by atoms with E-state index in [9.17, 15) is 14.3 Å². The van der Waals surface area contributed by atoms with Crippen LogP contribution in [0.1, 0.15) is 168 Å². The number of rotatable bonds is 46. The van der Waals surface area contributed by atoms with Crippen LogP contribution in [0.2, 0.25) is 0 Å². The zero-order valence-electron chi connectivity index (χ0n) is 41.4. The second kappa shape index (κ2) is 52.4. The van der Waals surface area contributed by atoms with Crippen LogP contribution in [-0.2, 0) is 27.9 Å². The molecule has 2 unspecified atom stereocenters. The summed E-state index contributed by atoms with van der Waals surface area (Å²) in [4.78, 5) is 22.6. The van der Waals surface area contributed by atoms with Crippen LogP contribution in [0, 0.1) is 0 Å². The molecule has 0 aromatic rings. The van der Waals surface area contributed by atoms with Crippen molar-refractivity contribution in [2.24, 2.45) is 5.73 Å². The van der Waals surface area contributed by atoms with Crippen molar-refractivity contribution in [1.29, 1.82) is 0 Å². The Kier molecular flexibility index (Phi) is 49.5. The Hall–Kier alpha value is -3.62. The van der Waals surface area contributed by atoms with Gasteiger partial charge >= 0.3 is 13.8 Å². The lowest BCUT2D eigenvalue weighted by Crippen LogP contribution is -2.28. The maximum atomic E-state index is 12.6. The highest BCUT2D eigenvalue weighted by atomic mass is 31.2. The van der Waals surface area contributed by atoms with Crippen LogP contribution in [0.3, 0.4) is 0 Å². The fourth-order valence-corrected chi connectivity index (χ4v) is 6.88. The molecule has 0 bridgehead atoms. The predicted molar refractivity (Wildman–Crippen MR) is 283 cm³/mol. The van der Waals surface area contributed by atoms with Gasteiger partial charge in [-0.15, -0.1) is 0 Å².